The molecular formula is C12H6BrF5N2. The van der Waals surface area contributed by atoms with Crippen molar-refractivity contribution in [2.24, 2.45) is 0 Å². The van der Waals surface area contributed by atoms with Gasteiger partial charge < -0.3 is 5.32 Å². The monoisotopic (exact) mass is 352 g/mol. The van der Waals surface area contributed by atoms with E-state index in [-0.39, 0.29) is 6.54 Å². The highest BCUT2D eigenvalue weighted by atomic mass is 79.9. The van der Waals surface area contributed by atoms with E-state index >= 15 is 0 Å². The van der Waals surface area contributed by atoms with Crippen LogP contribution in [0, 0.1) is 29.1 Å². The van der Waals surface area contributed by atoms with Crippen LogP contribution in [-0.2, 0) is 6.54 Å². The lowest BCUT2D eigenvalue weighted by atomic mass is 10.2. The average molecular weight is 353 g/mol. The number of rotatable bonds is 3. The molecule has 0 fully saturated rings. The van der Waals surface area contributed by atoms with Crippen LogP contribution in [0.25, 0.3) is 0 Å². The van der Waals surface area contributed by atoms with Gasteiger partial charge in [-0.25, -0.2) is 26.9 Å². The molecule has 0 spiro atoms. The minimum atomic E-state index is -2.19. The molecule has 0 radical (unpaired) electrons. The molecule has 2 aromatic rings. The zero-order valence-electron chi connectivity index (χ0n) is 9.65. The van der Waals surface area contributed by atoms with Crippen molar-refractivity contribution in [2.75, 3.05) is 5.32 Å². The van der Waals surface area contributed by atoms with Crippen molar-refractivity contribution in [3.05, 3.63) is 57.6 Å². The molecule has 106 valence electrons. The highest BCUT2D eigenvalue weighted by molar-refractivity contribution is 9.10. The molecule has 2 nitrogen and oxygen atoms in total. The van der Waals surface area contributed by atoms with Crippen molar-refractivity contribution >= 4 is 21.6 Å². The van der Waals surface area contributed by atoms with Crippen LogP contribution in [0.15, 0.2) is 22.8 Å². The topological polar surface area (TPSA) is 24.9 Å². The third-order valence-corrected chi connectivity index (χ3v) is 2.87. The van der Waals surface area contributed by atoms with E-state index in [2.05, 4.69) is 26.2 Å². The Hall–Kier alpha value is -1.70. The quantitative estimate of drug-likeness (QED) is 0.388. The molecule has 0 saturated carbocycles. The second-order valence-electron chi connectivity index (χ2n) is 3.75. The number of benzene rings is 1. The van der Waals surface area contributed by atoms with E-state index < -0.39 is 34.8 Å². The molecule has 2 rings (SSSR count). The Bertz CT molecular complexity index is 634. The smallest absolute Gasteiger partial charge is 0.200 e. The van der Waals surface area contributed by atoms with Gasteiger partial charge in [0, 0.05) is 0 Å². The summed E-state index contributed by atoms with van der Waals surface area (Å²) in [7, 11) is 0. The fourth-order valence-electron chi connectivity index (χ4n) is 1.49. The molecule has 0 aliphatic carbocycles. The Labute approximate surface area is 118 Å². The standard InChI is InChI=1S/C12H6BrF5N2/c13-6-3-1-2-5(20-6)4-19-12-10(17)8(15)7(14)9(16)11(12)18/h1-3,19H,4H2. The summed E-state index contributed by atoms with van der Waals surface area (Å²) in [5, 5.41) is 2.15. The second kappa shape index (κ2) is 5.74. The largest absolute Gasteiger partial charge is 0.374 e. The van der Waals surface area contributed by atoms with Gasteiger partial charge in [-0.15, -0.1) is 0 Å². The van der Waals surface area contributed by atoms with Crippen molar-refractivity contribution in [1.29, 1.82) is 0 Å². The Morgan fingerprint density at radius 2 is 1.45 bits per heavy atom. The first kappa shape index (κ1) is 14.7. The van der Waals surface area contributed by atoms with E-state index in [4.69, 9.17) is 0 Å². The fourth-order valence-corrected chi connectivity index (χ4v) is 1.87. The normalized spacial score (nSPS) is 10.7. The number of pyridine rings is 1. The number of anilines is 1. The zero-order valence-corrected chi connectivity index (χ0v) is 11.2. The molecular weight excluding hydrogens is 347 g/mol. The summed E-state index contributed by atoms with van der Waals surface area (Å²) in [5.41, 5.74) is -0.716. The molecule has 1 aromatic carbocycles. The minimum Gasteiger partial charge on any atom is -0.374 e. The molecule has 0 unspecified atom stereocenters. The van der Waals surface area contributed by atoms with Gasteiger partial charge >= 0.3 is 0 Å². The van der Waals surface area contributed by atoms with Gasteiger partial charge in [-0.3, -0.25) is 0 Å². The molecule has 0 aliphatic heterocycles. The van der Waals surface area contributed by atoms with Crippen LogP contribution in [0.2, 0.25) is 0 Å². The molecule has 1 aromatic heterocycles. The van der Waals surface area contributed by atoms with E-state index in [1.54, 1.807) is 12.1 Å². The fraction of sp³-hybridized carbons (Fsp3) is 0.0833. The van der Waals surface area contributed by atoms with Crippen molar-refractivity contribution < 1.29 is 22.0 Å². The maximum Gasteiger partial charge on any atom is 0.200 e. The van der Waals surface area contributed by atoms with Crippen LogP contribution in [-0.4, -0.2) is 4.98 Å². The van der Waals surface area contributed by atoms with Gasteiger partial charge in [0.1, 0.15) is 10.3 Å². The predicted octanol–water partition coefficient (Wildman–Crippen LogP) is 4.15. The maximum atomic E-state index is 13.4. The van der Waals surface area contributed by atoms with Gasteiger partial charge in [0.15, 0.2) is 23.3 Å². The van der Waals surface area contributed by atoms with E-state index in [1.165, 1.54) is 6.07 Å². The molecule has 0 saturated heterocycles. The Morgan fingerprint density at radius 3 is 2.00 bits per heavy atom. The first-order chi connectivity index (χ1) is 9.41. The lowest BCUT2D eigenvalue weighted by Gasteiger charge is -2.10. The van der Waals surface area contributed by atoms with Crippen LogP contribution in [0.3, 0.4) is 0 Å². The van der Waals surface area contributed by atoms with Gasteiger partial charge in [0.25, 0.3) is 0 Å². The summed E-state index contributed by atoms with van der Waals surface area (Å²) >= 11 is 3.09. The molecule has 0 aliphatic rings. The number of aromatic nitrogens is 1. The van der Waals surface area contributed by atoms with E-state index in [0.29, 0.717) is 10.3 Å². The van der Waals surface area contributed by atoms with Gasteiger partial charge in [0.2, 0.25) is 5.82 Å². The molecule has 20 heavy (non-hydrogen) atoms. The van der Waals surface area contributed by atoms with Crippen LogP contribution < -0.4 is 5.32 Å². The summed E-state index contributed by atoms with van der Waals surface area (Å²) in [6.45, 7) is -0.197. The number of nitrogens with zero attached hydrogens (tertiary/aromatic N) is 1. The Kier molecular flexibility index (Phi) is 4.22. The predicted molar refractivity (Wildman–Crippen MR) is 65.5 cm³/mol. The number of hydrogen-bond acceptors (Lipinski definition) is 2. The SMILES string of the molecule is Fc1c(F)c(F)c(NCc2cccc(Br)n2)c(F)c1F. The van der Waals surface area contributed by atoms with Crippen LogP contribution in [0.5, 0.6) is 0 Å². The third kappa shape index (κ3) is 2.74. The zero-order chi connectivity index (χ0) is 14.9. The van der Waals surface area contributed by atoms with Crippen LogP contribution in [0.1, 0.15) is 5.69 Å². The van der Waals surface area contributed by atoms with E-state index in [9.17, 15) is 22.0 Å². The Balaban J connectivity index is 2.30. The maximum absolute atomic E-state index is 13.4. The first-order valence-corrected chi connectivity index (χ1v) is 6.08. The van der Waals surface area contributed by atoms with Crippen molar-refractivity contribution in [3.8, 4) is 0 Å². The van der Waals surface area contributed by atoms with E-state index in [0.717, 1.165) is 0 Å². The summed E-state index contributed by atoms with van der Waals surface area (Å²) in [4.78, 5) is 3.96. The van der Waals surface area contributed by atoms with Gasteiger partial charge in [0.05, 0.1) is 12.2 Å². The Morgan fingerprint density at radius 1 is 0.900 bits per heavy atom. The molecule has 1 heterocycles. The second-order valence-corrected chi connectivity index (χ2v) is 4.56. The lowest BCUT2D eigenvalue weighted by Crippen LogP contribution is -2.10. The van der Waals surface area contributed by atoms with Crippen LogP contribution >= 0.6 is 15.9 Å². The van der Waals surface area contributed by atoms with Crippen molar-refractivity contribution in [3.63, 3.8) is 0 Å². The molecule has 0 amide bonds. The van der Waals surface area contributed by atoms with Crippen molar-refractivity contribution in [1.82, 2.24) is 4.98 Å². The highest BCUT2D eigenvalue weighted by Crippen LogP contribution is 2.27. The average Bonchev–Trinajstić information content (AvgIpc) is 2.43. The van der Waals surface area contributed by atoms with Gasteiger partial charge in [-0.05, 0) is 28.1 Å². The highest BCUT2D eigenvalue weighted by Gasteiger charge is 2.25. The molecule has 0 bridgehead atoms. The van der Waals surface area contributed by atoms with Gasteiger partial charge in [-0.1, -0.05) is 6.07 Å². The van der Waals surface area contributed by atoms with E-state index in [1.807, 2.05) is 0 Å². The first-order valence-electron chi connectivity index (χ1n) is 5.28. The molecule has 1 N–H and O–H groups in total. The summed E-state index contributed by atoms with van der Waals surface area (Å²) in [5.74, 6) is -9.99. The van der Waals surface area contributed by atoms with Gasteiger partial charge in [-0.2, -0.15) is 0 Å². The van der Waals surface area contributed by atoms with Crippen LogP contribution in [0.4, 0.5) is 27.6 Å². The number of nitrogens with one attached hydrogen (secondary N) is 1. The van der Waals surface area contributed by atoms with Crippen molar-refractivity contribution in [2.45, 2.75) is 6.54 Å². The molecule has 0 atom stereocenters. The lowest BCUT2D eigenvalue weighted by molar-refractivity contribution is 0.381. The molecule has 8 heteroatoms. The summed E-state index contributed by atoms with van der Waals surface area (Å²) in [6.07, 6.45) is 0. The third-order valence-electron chi connectivity index (χ3n) is 2.43. The number of halogens is 6. The number of hydrogen-bond donors (Lipinski definition) is 1. The summed E-state index contributed by atoms with van der Waals surface area (Å²) in [6, 6.07) is 4.78. The summed E-state index contributed by atoms with van der Waals surface area (Å²) < 4.78 is 66.0. The minimum absolute atomic E-state index is 0.197.